The quantitative estimate of drug-likeness (QED) is 0.855. The molecule has 17 heavy (non-hydrogen) atoms. The van der Waals surface area contributed by atoms with Crippen molar-refractivity contribution < 1.29 is 9.32 Å². The molecule has 2 heterocycles. The molecule has 5 heteroatoms. The summed E-state index contributed by atoms with van der Waals surface area (Å²) >= 11 is 0. The number of amides is 1. The Kier molecular flexibility index (Phi) is 3.47. The van der Waals surface area contributed by atoms with E-state index in [9.17, 15) is 4.79 Å². The monoisotopic (exact) mass is 237 g/mol. The Morgan fingerprint density at radius 2 is 2.35 bits per heavy atom. The predicted octanol–water partition coefficient (Wildman–Crippen LogP) is 1.12. The summed E-state index contributed by atoms with van der Waals surface area (Å²) in [6.45, 7) is 8.18. The van der Waals surface area contributed by atoms with Crippen LogP contribution in [0, 0.1) is 13.8 Å². The van der Waals surface area contributed by atoms with E-state index in [1.165, 1.54) is 0 Å². The Balaban J connectivity index is 2.22. The van der Waals surface area contributed by atoms with Crippen molar-refractivity contribution in [3.8, 4) is 0 Å². The molecule has 94 valence electrons. The van der Waals surface area contributed by atoms with Crippen LogP contribution < -0.4 is 5.32 Å². The average Bonchev–Trinajstić information content (AvgIpc) is 2.90. The molecule has 0 bridgehead atoms. The van der Waals surface area contributed by atoms with E-state index in [-0.39, 0.29) is 5.91 Å². The molecule has 0 saturated carbocycles. The molecule has 1 aliphatic heterocycles. The molecule has 1 N–H and O–H groups in total. The molecule has 5 nitrogen and oxygen atoms in total. The third-order valence-electron chi connectivity index (χ3n) is 3.32. The first-order valence-electron chi connectivity index (χ1n) is 6.09. The van der Waals surface area contributed by atoms with Crippen LogP contribution in [0.4, 0.5) is 0 Å². The van der Waals surface area contributed by atoms with Gasteiger partial charge in [-0.05, 0) is 33.7 Å². The van der Waals surface area contributed by atoms with E-state index in [0.717, 1.165) is 26.1 Å². The fraction of sp³-hybridized carbons (Fsp3) is 0.667. The number of aromatic nitrogens is 1. The van der Waals surface area contributed by atoms with Gasteiger partial charge in [-0.3, -0.25) is 4.79 Å². The summed E-state index contributed by atoms with van der Waals surface area (Å²) in [5, 5.41) is 7.13. The number of rotatable bonds is 3. The van der Waals surface area contributed by atoms with Crippen molar-refractivity contribution in [2.45, 2.75) is 33.2 Å². The number of likely N-dealkylation sites (N-methyl/N-ethyl adjacent to an activating group) is 1. The number of carbonyl (C=O) groups is 1. The lowest BCUT2D eigenvalue weighted by atomic mass is 10.1. The molecule has 1 fully saturated rings. The molecule has 1 aromatic heterocycles. The Bertz CT molecular complexity index is 388. The van der Waals surface area contributed by atoms with Gasteiger partial charge in [-0.1, -0.05) is 5.16 Å². The highest BCUT2D eigenvalue weighted by atomic mass is 16.5. The van der Waals surface area contributed by atoms with Crippen LogP contribution >= 0.6 is 0 Å². The van der Waals surface area contributed by atoms with Crippen molar-refractivity contribution in [2.75, 3.05) is 19.6 Å². The van der Waals surface area contributed by atoms with Crippen molar-refractivity contribution in [1.82, 2.24) is 15.4 Å². The topological polar surface area (TPSA) is 58.4 Å². The first-order chi connectivity index (χ1) is 8.15. The second kappa shape index (κ2) is 4.87. The van der Waals surface area contributed by atoms with E-state index >= 15 is 0 Å². The molecule has 0 aromatic carbocycles. The second-order valence-corrected chi connectivity index (χ2v) is 4.44. The summed E-state index contributed by atoms with van der Waals surface area (Å²) in [4.78, 5) is 14.4. The van der Waals surface area contributed by atoms with Crippen LogP contribution in [0.25, 0.3) is 0 Å². The van der Waals surface area contributed by atoms with E-state index in [1.807, 2.05) is 18.7 Å². The van der Waals surface area contributed by atoms with Crippen LogP contribution in [-0.4, -0.2) is 41.6 Å². The van der Waals surface area contributed by atoms with Crippen LogP contribution in [0.3, 0.4) is 0 Å². The lowest BCUT2D eigenvalue weighted by Gasteiger charge is -2.27. The number of carbonyl (C=O) groups excluding carboxylic acids is 1. The number of nitrogens with one attached hydrogen (secondary N) is 1. The van der Waals surface area contributed by atoms with Gasteiger partial charge >= 0.3 is 0 Å². The highest BCUT2D eigenvalue weighted by Gasteiger charge is 2.29. The van der Waals surface area contributed by atoms with Crippen molar-refractivity contribution in [3.63, 3.8) is 0 Å². The zero-order valence-electron chi connectivity index (χ0n) is 10.6. The zero-order valence-corrected chi connectivity index (χ0v) is 10.6. The molecule has 1 atom stereocenters. The summed E-state index contributed by atoms with van der Waals surface area (Å²) in [7, 11) is 0. The molecular formula is C12H19N3O2. The molecule has 1 unspecified atom stereocenters. The van der Waals surface area contributed by atoms with Gasteiger partial charge in [-0.15, -0.1) is 0 Å². The summed E-state index contributed by atoms with van der Waals surface area (Å²) in [6, 6.07) is 0.293. The van der Waals surface area contributed by atoms with Crippen LogP contribution in [0.15, 0.2) is 4.52 Å². The highest BCUT2D eigenvalue weighted by Crippen LogP contribution is 2.18. The second-order valence-electron chi connectivity index (χ2n) is 4.44. The zero-order chi connectivity index (χ0) is 12.4. The first kappa shape index (κ1) is 12.1. The molecule has 0 aliphatic carbocycles. The maximum Gasteiger partial charge on any atom is 0.259 e. The molecular weight excluding hydrogens is 218 g/mol. The summed E-state index contributed by atoms with van der Waals surface area (Å²) in [5.41, 5.74) is 1.30. The lowest BCUT2D eigenvalue weighted by molar-refractivity contribution is 0.0701. The fourth-order valence-corrected chi connectivity index (χ4v) is 2.40. The molecule has 0 spiro atoms. The van der Waals surface area contributed by atoms with E-state index < -0.39 is 0 Å². The van der Waals surface area contributed by atoms with Gasteiger partial charge in [0.05, 0.1) is 5.69 Å². The number of hydrogen-bond donors (Lipinski definition) is 1. The van der Waals surface area contributed by atoms with Gasteiger partial charge in [0.25, 0.3) is 5.91 Å². The van der Waals surface area contributed by atoms with Crippen LogP contribution in [0.5, 0.6) is 0 Å². The van der Waals surface area contributed by atoms with Crippen molar-refractivity contribution >= 4 is 5.91 Å². The Morgan fingerprint density at radius 1 is 1.59 bits per heavy atom. The van der Waals surface area contributed by atoms with Crippen LogP contribution in [0.2, 0.25) is 0 Å². The predicted molar refractivity (Wildman–Crippen MR) is 64.0 cm³/mol. The Hall–Kier alpha value is -1.36. The smallest absolute Gasteiger partial charge is 0.259 e. The summed E-state index contributed by atoms with van der Waals surface area (Å²) in [6.07, 6.45) is 1.02. The highest BCUT2D eigenvalue weighted by molar-refractivity contribution is 5.96. The van der Waals surface area contributed by atoms with Gasteiger partial charge in [0.1, 0.15) is 11.3 Å². The standard InChI is InChI=1S/C12H19N3O2/c1-4-15(10-5-6-13-7-10)12(16)11-8(2)14-17-9(11)3/h10,13H,4-7H2,1-3H3. The molecule has 1 aromatic rings. The normalized spacial score (nSPS) is 19.6. The third-order valence-corrected chi connectivity index (χ3v) is 3.32. The molecule has 2 rings (SSSR count). The van der Waals surface area contributed by atoms with Gasteiger partial charge in [0, 0.05) is 19.1 Å². The summed E-state index contributed by atoms with van der Waals surface area (Å²) in [5.74, 6) is 0.648. The van der Waals surface area contributed by atoms with Crippen molar-refractivity contribution in [1.29, 1.82) is 0 Å². The van der Waals surface area contributed by atoms with E-state index in [4.69, 9.17) is 4.52 Å². The Morgan fingerprint density at radius 3 is 2.82 bits per heavy atom. The van der Waals surface area contributed by atoms with Gasteiger partial charge in [0.15, 0.2) is 0 Å². The molecule has 0 radical (unpaired) electrons. The minimum atomic E-state index is 0.0393. The van der Waals surface area contributed by atoms with Gasteiger partial charge < -0.3 is 14.7 Å². The minimum Gasteiger partial charge on any atom is -0.361 e. The van der Waals surface area contributed by atoms with E-state index in [2.05, 4.69) is 10.5 Å². The van der Waals surface area contributed by atoms with E-state index in [0.29, 0.717) is 23.1 Å². The summed E-state index contributed by atoms with van der Waals surface area (Å²) < 4.78 is 5.06. The van der Waals surface area contributed by atoms with E-state index in [1.54, 1.807) is 6.92 Å². The fourth-order valence-electron chi connectivity index (χ4n) is 2.40. The SMILES string of the molecule is CCN(C(=O)c1c(C)noc1C)C1CCNC1. The van der Waals surface area contributed by atoms with Gasteiger partial charge in [0.2, 0.25) is 0 Å². The largest absolute Gasteiger partial charge is 0.361 e. The maximum atomic E-state index is 12.5. The maximum absolute atomic E-state index is 12.5. The molecule has 1 amide bonds. The Labute approximate surface area is 101 Å². The first-order valence-corrected chi connectivity index (χ1v) is 6.09. The van der Waals surface area contributed by atoms with Crippen LogP contribution in [0.1, 0.15) is 35.2 Å². The lowest BCUT2D eigenvalue weighted by Crippen LogP contribution is -2.41. The third kappa shape index (κ3) is 2.20. The number of aryl methyl sites for hydroxylation is 2. The van der Waals surface area contributed by atoms with Gasteiger partial charge in [-0.2, -0.15) is 0 Å². The molecule has 1 aliphatic rings. The van der Waals surface area contributed by atoms with Crippen molar-refractivity contribution in [2.24, 2.45) is 0 Å². The van der Waals surface area contributed by atoms with Crippen molar-refractivity contribution in [3.05, 3.63) is 17.0 Å². The number of hydrogen-bond acceptors (Lipinski definition) is 4. The van der Waals surface area contributed by atoms with Crippen LogP contribution in [-0.2, 0) is 0 Å². The molecule has 1 saturated heterocycles. The minimum absolute atomic E-state index is 0.0393. The number of nitrogens with zero attached hydrogens (tertiary/aromatic N) is 2. The average molecular weight is 237 g/mol. The van der Waals surface area contributed by atoms with Gasteiger partial charge in [-0.25, -0.2) is 0 Å².